The van der Waals surface area contributed by atoms with Gasteiger partial charge in [0.15, 0.2) is 5.88 Å². The molecule has 1 aromatic heterocycles. The van der Waals surface area contributed by atoms with Crippen LogP contribution in [0.1, 0.15) is 53.4 Å². The molecule has 106 valence electrons. The molecule has 0 unspecified atom stereocenters. The number of pyridine rings is 1. The molecule has 1 aliphatic rings. The first-order chi connectivity index (χ1) is 9.07. The molecule has 0 saturated heterocycles. The van der Waals surface area contributed by atoms with Crippen molar-refractivity contribution in [2.24, 2.45) is 0 Å². The molecule has 2 nitrogen and oxygen atoms in total. The second-order valence-corrected chi connectivity index (χ2v) is 11.5. The lowest BCUT2D eigenvalue weighted by Gasteiger charge is -2.43. The minimum atomic E-state index is -1.82. The van der Waals surface area contributed by atoms with Crippen molar-refractivity contribution in [3.05, 3.63) is 24.4 Å². The highest BCUT2D eigenvalue weighted by atomic mass is 28.4. The minimum Gasteiger partial charge on any atom is -0.530 e. The molecule has 1 aliphatic carbocycles. The summed E-state index contributed by atoms with van der Waals surface area (Å²) in [4.78, 5) is 4.41. The second kappa shape index (κ2) is 6.08. The van der Waals surface area contributed by atoms with Gasteiger partial charge in [-0.05, 0) is 41.6 Å². The Morgan fingerprint density at radius 1 is 1.11 bits per heavy atom. The van der Waals surface area contributed by atoms with Gasteiger partial charge in [0.2, 0.25) is 0 Å². The summed E-state index contributed by atoms with van der Waals surface area (Å²) < 4.78 is 6.64. The minimum absolute atomic E-state index is 0.637. The maximum Gasteiger partial charge on any atom is 0.261 e. The molecule has 19 heavy (non-hydrogen) atoms. The Kier molecular flexibility index (Phi) is 4.66. The van der Waals surface area contributed by atoms with Crippen molar-refractivity contribution < 1.29 is 4.43 Å². The van der Waals surface area contributed by atoms with Crippen LogP contribution in [0, 0.1) is 0 Å². The van der Waals surface area contributed by atoms with Crippen molar-refractivity contribution in [1.29, 1.82) is 0 Å². The van der Waals surface area contributed by atoms with E-state index in [0.29, 0.717) is 11.1 Å². The van der Waals surface area contributed by atoms with Crippen LogP contribution in [-0.2, 0) is 0 Å². The van der Waals surface area contributed by atoms with Gasteiger partial charge in [0.25, 0.3) is 8.32 Å². The SMILES string of the molecule is CC(C)[Si](Oc1ccccn1)(C(C)C)C1CCCC1. The predicted octanol–water partition coefficient (Wildman–Crippen LogP) is 5.17. The molecule has 0 atom stereocenters. The molecule has 1 fully saturated rings. The molecule has 0 bridgehead atoms. The highest BCUT2D eigenvalue weighted by molar-refractivity contribution is 6.78. The maximum absolute atomic E-state index is 6.64. The average molecular weight is 277 g/mol. The van der Waals surface area contributed by atoms with Crippen molar-refractivity contribution in [3.8, 4) is 5.88 Å². The van der Waals surface area contributed by atoms with Gasteiger partial charge in [-0.3, -0.25) is 0 Å². The highest BCUT2D eigenvalue weighted by Gasteiger charge is 2.51. The largest absolute Gasteiger partial charge is 0.530 e. The molecule has 0 radical (unpaired) electrons. The summed E-state index contributed by atoms with van der Waals surface area (Å²) in [6.45, 7) is 9.42. The standard InChI is InChI=1S/C16H27NOSi/c1-13(2)19(14(3)4,15-9-5-6-10-15)18-16-11-7-8-12-17-16/h7-8,11-15H,5-6,9-10H2,1-4H3. The molecular formula is C16H27NOSi. The van der Waals surface area contributed by atoms with E-state index >= 15 is 0 Å². The smallest absolute Gasteiger partial charge is 0.261 e. The Hall–Kier alpha value is -0.833. The molecule has 0 N–H and O–H groups in total. The van der Waals surface area contributed by atoms with E-state index in [2.05, 4.69) is 32.7 Å². The summed E-state index contributed by atoms with van der Waals surface area (Å²) in [6, 6.07) is 5.99. The number of hydrogen-bond acceptors (Lipinski definition) is 2. The Morgan fingerprint density at radius 2 is 1.74 bits per heavy atom. The molecule has 3 heteroatoms. The van der Waals surface area contributed by atoms with E-state index in [0.717, 1.165) is 11.4 Å². The van der Waals surface area contributed by atoms with Gasteiger partial charge in [-0.15, -0.1) is 0 Å². The van der Waals surface area contributed by atoms with E-state index in [-0.39, 0.29) is 0 Å². The number of hydrogen-bond donors (Lipinski definition) is 0. The first kappa shape index (κ1) is 14.6. The zero-order chi connectivity index (χ0) is 13.9. The Bertz CT molecular complexity index is 377. The van der Waals surface area contributed by atoms with Crippen LogP contribution in [-0.4, -0.2) is 13.3 Å². The summed E-state index contributed by atoms with van der Waals surface area (Å²) in [7, 11) is -1.82. The zero-order valence-electron chi connectivity index (χ0n) is 12.7. The van der Waals surface area contributed by atoms with E-state index in [1.807, 2.05) is 24.4 Å². The molecule has 0 amide bonds. The van der Waals surface area contributed by atoms with Gasteiger partial charge in [0, 0.05) is 6.20 Å². The third-order valence-corrected chi connectivity index (χ3v) is 10.7. The fourth-order valence-electron chi connectivity index (χ4n) is 3.89. The van der Waals surface area contributed by atoms with Crippen LogP contribution in [0.4, 0.5) is 0 Å². The third kappa shape index (κ3) is 2.86. The molecule has 1 saturated carbocycles. The molecular weight excluding hydrogens is 250 g/mol. The second-order valence-electron chi connectivity index (χ2n) is 6.41. The maximum atomic E-state index is 6.64. The zero-order valence-corrected chi connectivity index (χ0v) is 13.7. The fourth-order valence-corrected chi connectivity index (χ4v) is 9.54. The van der Waals surface area contributed by atoms with Crippen LogP contribution in [0.25, 0.3) is 0 Å². The molecule has 0 spiro atoms. The van der Waals surface area contributed by atoms with E-state index in [1.165, 1.54) is 25.7 Å². The summed E-state index contributed by atoms with van der Waals surface area (Å²) in [5.41, 5.74) is 2.07. The van der Waals surface area contributed by atoms with Crippen LogP contribution in [0.2, 0.25) is 16.6 Å². The first-order valence-corrected chi connectivity index (χ1v) is 9.81. The highest BCUT2D eigenvalue weighted by Crippen LogP contribution is 2.49. The van der Waals surface area contributed by atoms with Gasteiger partial charge in [-0.1, -0.05) is 46.6 Å². The Labute approximate surface area is 118 Å². The van der Waals surface area contributed by atoms with Crippen molar-refractivity contribution >= 4 is 8.32 Å². The summed E-state index contributed by atoms with van der Waals surface area (Å²) in [5.74, 6) is 0.837. The molecule has 2 rings (SSSR count). The Balaban J connectivity index is 2.32. The van der Waals surface area contributed by atoms with E-state index in [4.69, 9.17) is 4.43 Å². The van der Waals surface area contributed by atoms with Gasteiger partial charge in [0.1, 0.15) is 0 Å². The lowest BCUT2D eigenvalue weighted by atomic mass is 10.4. The van der Waals surface area contributed by atoms with Crippen LogP contribution >= 0.6 is 0 Å². The van der Waals surface area contributed by atoms with Crippen LogP contribution < -0.4 is 4.43 Å². The van der Waals surface area contributed by atoms with Gasteiger partial charge in [0.05, 0.1) is 0 Å². The van der Waals surface area contributed by atoms with E-state index in [1.54, 1.807) is 0 Å². The summed E-state index contributed by atoms with van der Waals surface area (Å²) >= 11 is 0. The monoisotopic (exact) mass is 277 g/mol. The third-order valence-electron chi connectivity index (χ3n) is 4.72. The molecule has 1 heterocycles. The Morgan fingerprint density at radius 3 is 2.21 bits per heavy atom. The van der Waals surface area contributed by atoms with Crippen molar-refractivity contribution in [2.75, 3.05) is 0 Å². The molecule has 1 aromatic rings. The number of nitrogens with zero attached hydrogens (tertiary/aromatic N) is 1. The molecule has 0 aromatic carbocycles. The van der Waals surface area contributed by atoms with Crippen molar-refractivity contribution in [3.63, 3.8) is 0 Å². The van der Waals surface area contributed by atoms with Gasteiger partial charge in [-0.2, -0.15) is 0 Å². The van der Waals surface area contributed by atoms with Crippen molar-refractivity contribution in [1.82, 2.24) is 4.98 Å². The first-order valence-electron chi connectivity index (χ1n) is 7.67. The van der Waals surface area contributed by atoms with Gasteiger partial charge < -0.3 is 4.43 Å². The number of rotatable bonds is 5. The fraction of sp³-hybridized carbons (Fsp3) is 0.688. The van der Waals surface area contributed by atoms with E-state index < -0.39 is 8.32 Å². The average Bonchev–Trinajstić information content (AvgIpc) is 2.90. The topological polar surface area (TPSA) is 22.1 Å². The normalized spacial score (nSPS) is 17.4. The summed E-state index contributed by atoms with van der Waals surface area (Å²) in [6.07, 6.45) is 7.31. The van der Waals surface area contributed by atoms with Crippen molar-refractivity contribution in [2.45, 2.75) is 70.0 Å². The number of aromatic nitrogens is 1. The van der Waals surface area contributed by atoms with Crippen LogP contribution in [0.3, 0.4) is 0 Å². The van der Waals surface area contributed by atoms with Crippen LogP contribution in [0.15, 0.2) is 24.4 Å². The molecule has 0 aliphatic heterocycles. The summed E-state index contributed by atoms with van der Waals surface area (Å²) in [5, 5.41) is 0. The van der Waals surface area contributed by atoms with Gasteiger partial charge in [-0.25, -0.2) is 4.98 Å². The lowest BCUT2D eigenvalue weighted by molar-refractivity contribution is 0.454. The lowest BCUT2D eigenvalue weighted by Crippen LogP contribution is -2.51. The quantitative estimate of drug-likeness (QED) is 0.693. The van der Waals surface area contributed by atoms with Crippen LogP contribution in [0.5, 0.6) is 5.88 Å². The van der Waals surface area contributed by atoms with Gasteiger partial charge >= 0.3 is 0 Å². The predicted molar refractivity (Wildman–Crippen MR) is 83.0 cm³/mol. The van der Waals surface area contributed by atoms with E-state index in [9.17, 15) is 0 Å².